The Morgan fingerprint density at radius 1 is 1.53 bits per heavy atom. The third-order valence-corrected chi connectivity index (χ3v) is 3.28. The van der Waals surface area contributed by atoms with E-state index in [-0.39, 0.29) is 11.7 Å². The van der Waals surface area contributed by atoms with E-state index in [1.54, 1.807) is 12.1 Å². The molecule has 2 atom stereocenters. The SMILES string of the molecule is O=C(O)C(c1cccc(F)c1)C1CCCNC1. The minimum Gasteiger partial charge on any atom is -0.481 e. The molecule has 0 aliphatic carbocycles. The minimum atomic E-state index is -0.871. The number of rotatable bonds is 3. The number of halogens is 1. The summed E-state index contributed by atoms with van der Waals surface area (Å²) in [6.07, 6.45) is 1.85. The molecule has 2 N–H and O–H groups in total. The van der Waals surface area contributed by atoms with E-state index in [2.05, 4.69) is 5.32 Å². The van der Waals surface area contributed by atoms with E-state index in [4.69, 9.17) is 0 Å². The first-order chi connectivity index (χ1) is 8.18. The van der Waals surface area contributed by atoms with Crippen molar-refractivity contribution in [1.82, 2.24) is 5.32 Å². The zero-order chi connectivity index (χ0) is 12.3. The zero-order valence-electron chi connectivity index (χ0n) is 9.53. The predicted molar refractivity (Wildman–Crippen MR) is 62.4 cm³/mol. The molecule has 0 aromatic heterocycles. The van der Waals surface area contributed by atoms with Crippen LogP contribution >= 0.6 is 0 Å². The number of hydrogen-bond donors (Lipinski definition) is 2. The molecular weight excluding hydrogens is 221 g/mol. The Balaban J connectivity index is 2.25. The number of carbonyl (C=O) groups is 1. The van der Waals surface area contributed by atoms with Crippen molar-refractivity contribution in [3.05, 3.63) is 35.6 Å². The fraction of sp³-hybridized carbons (Fsp3) is 0.462. The van der Waals surface area contributed by atoms with Crippen LogP contribution in [0.1, 0.15) is 24.3 Å². The highest BCUT2D eigenvalue weighted by molar-refractivity contribution is 5.76. The third kappa shape index (κ3) is 2.82. The van der Waals surface area contributed by atoms with Crippen LogP contribution in [0.5, 0.6) is 0 Å². The van der Waals surface area contributed by atoms with Crippen molar-refractivity contribution in [1.29, 1.82) is 0 Å². The van der Waals surface area contributed by atoms with E-state index in [1.807, 2.05) is 0 Å². The zero-order valence-corrected chi connectivity index (χ0v) is 9.53. The van der Waals surface area contributed by atoms with Gasteiger partial charge in [-0.1, -0.05) is 12.1 Å². The van der Waals surface area contributed by atoms with Gasteiger partial charge in [-0.3, -0.25) is 4.79 Å². The molecule has 1 aliphatic rings. The van der Waals surface area contributed by atoms with Gasteiger partial charge in [0.1, 0.15) is 5.82 Å². The van der Waals surface area contributed by atoms with Crippen LogP contribution < -0.4 is 5.32 Å². The van der Waals surface area contributed by atoms with Crippen molar-refractivity contribution >= 4 is 5.97 Å². The van der Waals surface area contributed by atoms with Crippen molar-refractivity contribution in [2.75, 3.05) is 13.1 Å². The van der Waals surface area contributed by atoms with Crippen LogP contribution in [-0.2, 0) is 4.79 Å². The fourth-order valence-electron chi connectivity index (χ4n) is 2.48. The van der Waals surface area contributed by atoms with E-state index in [1.165, 1.54) is 12.1 Å². The van der Waals surface area contributed by atoms with Crippen molar-refractivity contribution in [3.8, 4) is 0 Å². The Bertz CT molecular complexity index is 402. The summed E-state index contributed by atoms with van der Waals surface area (Å²) in [5, 5.41) is 12.5. The molecule has 0 spiro atoms. The summed E-state index contributed by atoms with van der Waals surface area (Å²) in [4.78, 5) is 11.4. The maximum absolute atomic E-state index is 13.1. The lowest BCUT2D eigenvalue weighted by atomic mass is 9.81. The Labute approximate surface area is 99.7 Å². The average Bonchev–Trinajstić information content (AvgIpc) is 2.30. The van der Waals surface area contributed by atoms with E-state index >= 15 is 0 Å². The Morgan fingerprint density at radius 2 is 2.35 bits per heavy atom. The third-order valence-electron chi connectivity index (χ3n) is 3.28. The van der Waals surface area contributed by atoms with Crippen molar-refractivity contribution in [2.45, 2.75) is 18.8 Å². The molecule has 0 saturated carbocycles. The molecule has 1 heterocycles. The van der Waals surface area contributed by atoms with Gasteiger partial charge in [-0.15, -0.1) is 0 Å². The molecule has 2 rings (SSSR count). The van der Waals surface area contributed by atoms with Crippen LogP contribution in [0.2, 0.25) is 0 Å². The minimum absolute atomic E-state index is 0.0445. The predicted octanol–water partition coefficient (Wildman–Crippen LogP) is 1.99. The molecular formula is C13H16FNO2. The maximum atomic E-state index is 13.1. The van der Waals surface area contributed by atoms with Crippen molar-refractivity contribution < 1.29 is 14.3 Å². The summed E-state index contributed by atoms with van der Waals surface area (Å²) < 4.78 is 13.1. The highest BCUT2D eigenvalue weighted by atomic mass is 19.1. The monoisotopic (exact) mass is 237 g/mol. The highest BCUT2D eigenvalue weighted by Crippen LogP contribution is 2.30. The van der Waals surface area contributed by atoms with Gasteiger partial charge in [0, 0.05) is 0 Å². The second kappa shape index (κ2) is 5.27. The van der Waals surface area contributed by atoms with E-state index in [9.17, 15) is 14.3 Å². The van der Waals surface area contributed by atoms with Crippen LogP contribution in [-0.4, -0.2) is 24.2 Å². The van der Waals surface area contributed by atoms with E-state index in [0.717, 1.165) is 19.4 Å². The molecule has 0 radical (unpaired) electrons. The Morgan fingerprint density at radius 3 is 2.94 bits per heavy atom. The first-order valence-corrected chi connectivity index (χ1v) is 5.87. The van der Waals surface area contributed by atoms with Gasteiger partial charge in [-0.05, 0) is 49.5 Å². The van der Waals surface area contributed by atoms with Crippen molar-refractivity contribution in [2.24, 2.45) is 5.92 Å². The second-order valence-electron chi connectivity index (χ2n) is 4.48. The summed E-state index contributed by atoms with van der Waals surface area (Å²) in [5.74, 6) is -1.82. The molecule has 0 amide bonds. The average molecular weight is 237 g/mol. The number of piperidine rings is 1. The summed E-state index contributed by atoms with van der Waals surface area (Å²) >= 11 is 0. The number of hydrogen-bond acceptors (Lipinski definition) is 2. The topological polar surface area (TPSA) is 49.3 Å². The van der Waals surface area contributed by atoms with Gasteiger partial charge in [-0.25, -0.2) is 4.39 Å². The van der Waals surface area contributed by atoms with Crippen molar-refractivity contribution in [3.63, 3.8) is 0 Å². The Hall–Kier alpha value is -1.42. The first kappa shape index (κ1) is 12.0. The summed E-state index contributed by atoms with van der Waals surface area (Å²) in [6.45, 7) is 1.62. The number of carboxylic acids is 1. The van der Waals surface area contributed by atoms with E-state index in [0.29, 0.717) is 12.1 Å². The molecule has 92 valence electrons. The molecule has 17 heavy (non-hydrogen) atoms. The van der Waals surface area contributed by atoms with Crippen LogP contribution in [0.3, 0.4) is 0 Å². The van der Waals surface area contributed by atoms with Gasteiger partial charge in [0.05, 0.1) is 5.92 Å². The van der Waals surface area contributed by atoms with Gasteiger partial charge in [0.25, 0.3) is 0 Å². The standard InChI is InChI=1S/C13H16FNO2/c14-11-5-1-3-9(7-11)12(13(16)17)10-4-2-6-15-8-10/h1,3,5,7,10,12,15H,2,4,6,8H2,(H,16,17). The molecule has 3 nitrogen and oxygen atoms in total. The van der Waals surface area contributed by atoms with E-state index < -0.39 is 11.9 Å². The lowest BCUT2D eigenvalue weighted by Crippen LogP contribution is -2.36. The van der Waals surface area contributed by atoms with Crippen LogP contribution in [0.15, 0.2) is 24.3 Å². The molecule has 2 unspecified atom stereocenters. The maximum Gasteiger partial charge on any atom is 0.311 e. The van der Waals surface area contributed by atoms with Gasteiger partial charge in [-0.2, -0.15) is 0 Å². The number of nitrogens with one attached hydrogen (secondary N) is 1. The quantitative estimate of drug-likeness (QED) is 0.845. The summed E-state index contributed by atoms with van der Waals surface area (Å²) in [6, 6.07) is 5.92. The van der Waals surface area contributed by atoms with Gasteiger partial charge in [0.15, 0.2) is 0 Å². The molecule has 1 aliphatic heterocycles. The van der Waals surface area contributed by atoms with Crippen LogP contribution in [0, 0.1) is 11.7 Å². The number of aliphatic carboxylic acids is 1. The van der Waals surface area contributed by atoms with Gasteiger partial charge in [0.2, 0.25) is 0 Å². The lowest BCUT2D eigenvalue weighted by Gasteiger charge is -2.28. The van der Waals surface area contributed by atoms with Gasteiger partial charge >= 0.3 is 5.97 Å². The molecule has 4 heteroatoms. The number of carboxylic acid groups (broad SMARTS) is 1. The summed E-state index contributed by atoms with van der Waals surface area (Å²) in [5.41, 5.74) is 0.561. The molecule has 1 aromatic rings. The molecule has 1 saturated heterocycles. The lowest BCUT2D eigenvalue weighted by molar-refractivity contribution is -0.140. The molecule has 1 aromatic carbocycles. The highest BCUT2D eigenvalue weighted by Gasteiger charge is 2.30. The first-order valence-electron chi connectivity index (χ1n) is 5.87. The fourth-order valence-corrected chi connectivity index (χ4v) is 2.48. The van der Waals surface area contributed by atoms with Gasteiger partial charge < -0.3 is 10.4 Å². The molecule has 1 fully saturated rings. The second-order valence-corrected chi connectivity index (χ2v) is 4.48. The van der Waals surface area contributed by atoms with Crippen LogP contribution in [0.25, 0.3) is 0 Å². The smallest absolute Gasteiger partial charge is 0.311 e. The molecule has 0 bridgehead atoms. The van der Waals surface area contributed by atoms with Crippen LogP contribution in [0.4, 0.5) is 4.39 Å². The largest absolute Gasteiger partial charge is 0.481 e. The Kier molecular flexibility index (Phi) is 3.74. The summed E-state index contributed by atoms with van der Waals surface area (Å²) in [7, 11) is 0. The number of benzene rings is 1. The normalized spacial score (nSPS) is 22.1.